The van der Waals surface area contributed by atoms with Crippen LogP contribution >= 0.6 is 0 Å². The van der Waals surface area contributed by atoms with Gasteiger partial charge >= 0.3 is 6.09 Å². The molecular formula is C34H37N5O2. The van der Waals surface area contributed by atoms with Gasteiger partial charge in [0.15, 0.2) is 0 Å². The van der Waals surface area contributed by atoms with Crippen LogP contribution in [0.5, 0.6) is 0 Å². The number of aromatic amines is 1. The smallest absolute Gasteiger partial charge is 0.410 e. The molecule has 0 radical (unpaired) electrons. The number of amides is 1. The number of carbonyl (C=O) groups is 1. The summed E-state index contributed by atoms with van der Waals surface area (Å²) in [6.45, 7) is 10.0. The fraction of sp³-hybridized carbons (Fsp3) is 0.324. The minimum atomic E-state index is -0.466. The molecule has 1 fully saturated rings. The molecule has 0 bridgehead atoms. The van der Waals surface area contributed by atoms with Crippen LogP contribution in [0.4, 0.5) is 4.79 Å². The molecule has 0 aliphatic carbocycles. The summed E-state index contributed by atoms with van der Waals surface area (Å²) in [4.78, 5) is 22.3. The van der Waals surface area contributed by atoms with E-state index in [1.54, 1.807) is 0 Å². The Morgan fingerprint density at radius 2 is 1.78 bits per heavy atom. The van der Waals surface area contributed by atoms with Gasteiger partial charge in [-0.15, -0.1) is 0 Å². The van der Waals surface area contributed by atoms with Crippen LogP contribution in [0.2, 0.25) is 0 Å². The van der Waals surface area contributed by atoms with Gasteiger partial charge in [-0.25, -0.2) is 9.78 Å². The first kappa shape index (κ1) is 26.8. The molecule has 0 atom stereocenters. The van der Waals surface area contributed by atoms with E-state index >= 15 is 0 Å². The van der Waals surface area contributed by atoms with Crippen LogP contribution in [0.25, 0.3) is 33.3 Å². The lowest BCUT2D eigenvalue weighted by Gasteiger charge is -2.33. The maximum atomic E-state index is 12.4. The van der Waals surface area contributed by atoms with E-state index in [1.807, 2.05) is 48.9 Å². The lowest BCUT2D eigenvalue weighted by Crippen LogP contribution is -2.41. The largest absolute Gasteiger partial charge is 0.444 e. The maximum Gasteiger partial charge on any atom is 0.410 e. The van der Waals surface area contributed by atoms with Crippen LogP contribution in [0, 0.1) is 6.92 Å². The van der Waals surface area contributed by atoms with Crippen molar-refractivity contribution in [3.05, 3.63) is 96.1 Å². The van der Waals surface area contributed by atoms with Crippen LogP contribution in [-0.2, 0) is 11.3 Å². The number of pyridine rings is 1. The molecule has 5 aromatic rings. The van der Waals surface area contributed by atoms with E-state index in [4.69, 9.17) is 9.72 Å². The summed E-state index contributed by atoms with van der Waals surface area (Å²) < 4.78 is 7.53. The number of aryl methyl sites for hydroxylation is 1. The number of ether oxygens (including phenoxy) is 1. The van der Waals surface area contributed by atoms with Crippen molar-refractivity contribution in [3.63, 3.8) is 0 Å². The number of hydrogen-bond donors (Lipinski definition) is 1. The van der Waals surface area contributed by atoms with Gasteiger partial charge in [-0.1, -0.05) is 54.1 Å². The third-order valence-corrected chi connectivity index (χ3v) is 7.76. The average Bonchev–Trinajstić information content (AvgIpc) is 3.59. The third-order valence-electron chi connectivity index (χ3n) is 7.76. The average molecular weight is 548 g/mol. The molecule has 7 heteroatoms. The molecule has 0 unspecified atom stereocenters. The number of piperidine rings is 1. The molecular weight excluding hydrogens is 510 g/mol. The maximum absolute atomic E-state index is 12.4. The summed E-state index contributed by atoms with van der Waals surface area (Å²) in [5.74, 6) is 0.441. The van der Waals surface area contributed by atoms with E-state index in [-0.39, 0.29) is 6.09 Å². The Kier molecular flexibility index (Phi) is 7.12. The topological polar surface area (TPSA) is 76.0 Å². The molecule has 3 aromatic heterocycles. The first-order chi connectivity index (χ1) is 19.7. The molecule has 1 saturated heterocycles. The van der Waals surface area contributed by atoms with E-state index in [2.05, 4.69) is 77.8 Å². The van der Waals surface area contributed by atoms with Crippen molar-refractivity contribution in [2.45, 2.75) is 58.6 Å². The van der Waals surface area contributed by atoms with E-state index in [0.717, 1.165) is 65.8 Å². The fourth-order valence-electron chi connectivity index (χ4n) is 5.66. The molecule has 1 aliphatic heterocycles. The van der Waals surface area contributed by atoms with Crippen LogP contribution in [0.1, 0.15) is 56.2 Å². The number of likely N-dealkylation sites (tertiary alicyclic amines) is 1. The Labute approximate surface area is 241 Å². The highest BCUT2D eigenvalue weighted by Crippen LogP contribution is 2.33. The molecule has 7 nitrogen and oxygen atoms in total. The minimum absolute atomic E-state index is 0.211. The molecule has 4 heterocycles. The number of hydrogen-bond acceptors (Lipinski definition) is 4. The van der Waals surface area contributed by atoms with Crippen molar-refractivity contribution in [2.75, 3.05) is 13.1 Å². The zero-order valence-electron chi connectivity index (χ0n) is 24.2. The Morgan fingerprint density at radius 3 is 2.51 bits per heavy atom. The van der Waals surface area contributed by atoms with Gasteiger partial charge in [-0.05, 0) is 69.2 Å². The number of carbonyl (C=O) groups excluding carboxylic acids is 1. The first-order valence-electron chi connectivity index (χ1n) is 14.4. The highest BCUT2D eigenvalue weighted by atomic mass is 16.6. The number of aromatic nitrogens is 4. The second-order valence-corrected chi connectivity index (χ2v) is 12.1. The number of H-pyrrole nitrogens is 1. The molecule has 41 heavy (non-hydrogen) atoms. The van der Waals surface area contributed by atoms with Gasteiger partial charge < -0.3 is 14.6 Å². The summed E-state index contributed by atoms with van der Waals surface area (Å²) in [6, 6.07) is 19.6. The number of rotatable bonds is 5. The van der Waals surface area contributed by atoms with Crippen molar-refractivity contribution < 1.29 is 9.53 Å². The second-order valence-electron chi connectivity index (χ2n) is 12.1. The highest BCUT2D eigenvalue weighted by molar-refractivity contribution is 5.95. The minimum Gasteiger partial charge on any atom is -0.444 e. The van der Waals surface area contributed by atoms with Gasteiger partial charge in [0.2, 0.25) is 0 Å². The van der Waals surface area contributed by atoms with E-state index in [0.29, 0.717) is 5.92 Å². The van der Waals surface area contributed by atoms with Crippen molar-refractivity contribution in [1.82, 2.24) is 24.6 Å². The zero-order valence-corrected chi connectivity index (χ0v) is 24.2. The summed E-state index contributed by atoms with van der Waals surface area (Å²) in [5, 5.41) is 5.70. The number of nitrogens with one attached hydrogen (secondary N) is 1. The van der Waals surface area contributed by atoms with Crippen molar-refractivity contribution in [3.8, 4) is 22.3 Å². The Balaban J connectivity index is 1.15. The summed E-state index contributed by atoms with van der Waals surface area (Å²) in [5.41, 5.74) is 8.58. The number of nitrogens with zero attached hydrogens (tertiary/aromatic N) is 4. The van der Waals surface area contributed by atoms with Gasteiger partial charge in [-0.3, -0.25) is 4.68 Å². The lowest BCUT2D eigenvalue weighted by molar-refractivity contribution is 0.0205. The predicted molar refractivity (Wildman–Crippen MR) is 163 cm³/mol. The molecule has 1 amide bonds. The van der Waals surface area contributed by atoms with Gasteiger partial charge in [0.25, 0.3) is 0 Å². The molecule has 0 spiro atoms. The number of fused-ring (bicyclic) bond motifs is 1. The van der Waals surface area contributed by atoms with Crippen LogP contribution in [-0.4, -0.2) is 49.4 Å². The normalized spacial score (nSPS) is 14.5. The van der Waals surface area contributed by atoms with Gasteiger partial charge in [0.05, 0.1) is 12.7 Å². The van der Waals surface area contributed by atoms with Gasteiger partial charge in [0, 0.05) is 53.8 Å². The lowest BCUT2D eigenvalue weighted by atomic mass is 9.88. The van der Waals surface area contributed by atoms with Crippen LogP contribution in [0.3, 0.4) is 0 Å². The third kappa shape index (κ3) is 6.04. The van der Waals surface area contributed by atoms with Crippen molar-refractivity contribution >= 4 is 17.1 Å². The van der Waals surface area contributed by atoms with E-state index < -0.39 is 5.60 Å². The molecule has 1 N–H and O–H groups in total. The monoisotopic (exact) mass is 547 g/mol. The highest BCUT2D eigenvalue weighted by Gasteiger charge is 2.27. The Bertz CT molecular complexity index is 1670. The molecule has 0 saturated carbocycles. The molecule has 210 valence electrons. The van der Waals surface area contributed by atoms with Crippen LogP contribution in [0.15, 0.2) is 79.4 Å². The standard InChI is InChI=1S/C34H37N5O2/c1-23-6-5-7-24(16-23)21-39-22-29(19-37-39)31-20-36-32-30(31)17-28(18-35-32)26-10-8-25(9-11-26)27-12-14-38(15-13-27)33(40)41-34(2,3)4/h5-11,16-20,22,27H,12-15,21H2,1-4H3,(H,35,36). The van der Waals surface area contributed by atoms with Crippen LogP contribution < -0.4 is 0 Å². The number of benzene rings is 2. The summed E-state index contributed by atoms with van der Waals surface area (Å²) in [6.07, 6.45) is 9.64. The van der Waals surface area contributed by atoms with Crippen molar-refractivity contribution in [2.24, 2.45) is 0 Å². The Hall–Kier alpha value is -4.39. The SMILES string of the molecule is Cc1cccc(Cn2cc(-c3c[nH]c4ncc(-c5ccc(C6CCN(C(=O)OC(C)(C)C)CC6)cc5)cc34)cn2)c1. The Morgan fingerprint density at radius 1 is 1.00 bits per heavy atom. The molecule has 6 rings (SSSR count). The second kappa shape index (κ2) is 10.9. The first-order valence-corrected chi connectivity index (χ1v) is 14.4. The van der Waals surface area contributed by atoms with E-state index in [1.165, 1.54) is 16.7 Å². The summed E-state index contributed by atoms with van der Waals surface area (Å²) in [7, 11) is 0. The quantitative estimate of drug-likeness (QED) is 0.246. The molecule has 1 aliphatic rings. The zero-order chi connectivity index (χ0) is 28.6. The van der Waals surface area contributed by atoms with E-state index in [9.17, 15) is 4.79 Å². The van der Waals surface area contributed by atoms with Crippen molar-refractivity contribution in [1.29, 1.82) is 0 Å². The summed E-state index contributed by atoms with van der Waals surface area (Å²) >= 11 is 0. The fourth-order valence-corrected chi connectivity index (χ4v) is 5.66. The van der Waals surface area contributed by atoms with Gasteiger partial charge in [-0.2, -0.15) is 5.10 Å². The van der Waals surface area contributed by atoms with Gasteiger partial charge in [0.1, 0.15) is 11.2 Å². The molecule has 2 aromatic carbocycles. The predicted octanol–water partition coefficient (Wildman–Crippen LogP) is 7.56.